The van der Waals surface area contributed by atoms with E-state index in [1.807, 2.05) is 0 Å². The van der Waals surface area contributed by atoms with Gasteiger partial charge >= 0.3 is 0 Å². The standard InChI is InChI=1S/C11H12FNO2S/c12-10-3-1-2-9(6-10)7-13-11-4-5-16(14,15)8-11/h1-3,6-7,11H,4-5,8H2/t11-/m1/s1. The summed E-state index contributed by atoms with van der Waals surface area (Å²) in [5.74, 6) is -0.000231. The van der Waals surface area contributed by atoms with Crippen molar-refractivity contribution in [1.82, 2.24) is 0 Å². The minimum Gasteiger partial charge on any atom is -0.288 e. The lowest BCUT2D eigenvalue weighted by Gasteiger charge is -1.99. The smallest absolute Gasteiger partial charge is 0.152 e. The summed E-state index contributed by atoms with van der Waals surface area (Å²) in [5, 5.41) is 0. The fraction of sp³-hybridized carbons (Fsp3) is 0.364. The van der Waals surface area contributed by atoms with E-state index in [4.69, 9.17) is 0 Å². The molecule has 2 rings (SSSR count). The van der Waals surface area contributed by atoms with E-state index in [2.05, 4.69) is 4.99 Å². The number of sulfone groups is 1. The first-order valence-electron chi connectivity index (χ1n) is 5.04. The second-order valence-electron chi connectivity index (χ2n) is 3.89. The van der Waals surface area contributed by atoms with Gasteiger partial charge in [-0.05, 0) is 24.1 Å². The van der Waals surface area contributed by atoms with Gasteiger partial charge in [0.15, 0.2) is 9.84 Å². The third kappa shape index (κ3) is 2.88. The number of rotatable bonds is 2. The molecule has 0 unspecified atom stereocenters. The van der Waals surface area contributed by atoms with Crippen LogP contribution >= 0.6 is 0 Å². The van der Waals surface area contributed by atoms with Crippen molar-refractivity contribution in [3.05, 3.63) is 35.6 Å². The van der Waals surface area contributed by atoms with E-state index in [0.717, 1.165) is 0 Å². The number of hydrogen-bond acceptors (Lipinski definition) is 3. The third-order valence-corrected chi connectivity index (χ3v) is 4.24. The highest BCUT2D eigenvalue weighted by Crippen LogP contribution is 2.14. The van der Waals surface area contributed by atoms with Crippen LogP contribution in [0.15, 0.2) is 29.3 Å². The van der Waals surface area contributed by atoms with Gasteiger partial charge in [0.2, 0.25) is 0 Å². The molecule has 0 spiro atoms. The molecule has 5 heteroatoms. The Hall–Kier alpha value is -1.23. The van der Waals surface area contributed by atoms with Crippen LogP contribution in [0.1, 0.15) is 12.0 Å². The molecule has 0 amide bonds. The highest BCUT2D eigenvalue weighted by atomic mass is 32.2. The molecule has 0 N–H and O–H groups in total. The van der Waals surface area contributed by atoms with Crippen LogP contribution in [0, 0.1) is 5.82 Å². The van der Waals surface area contributed by atoms with Crippen molar-refractivity contribution in [3.8, 4) is 0 Å². The Kier molecular flexibility index (Phi) is 3.05. The van der Waals surface area contributed by atoms with Gasteiger partial charge < -0.3 is 0 Å². The van der Waals surface area contributed by atoms with Crippen molar-refractivity contribution < 1.29 is 12.8 Å². The van der Waals surface area contributed by atoms with Crippen molar-refractivity contribution in [1.29, 1.82) is 0 Å². The van der Waals surface area contributed by atoms with Crippen LogP contribution in [0.3, 0.4) is 0 Å². The predicted octanol–water partition coefficient (Wildman–Crippen LogP) is 1.43. The minimum atomic E-state index is -2.90. The predicted molar refractivity (Wildman–Crippen MR) is 61.1 cm³/mol. The highest BCUT2D eigenvalue weighted by Gasteiger charge is 2.26. The Labute approximate surface area is 93.9 Å². The Bertz CT molecular complexity index is 510. The van der Waals surface area contributed by atoms with Crippen molar-refractivity contribution in [2.75, 3.05) is 11.5 Å². The molecule has 1 aliphatic heterocycles. The molecular weight excluding hydrogens is 229 g/mol. The topological polar surface area (TPSA) is 46.5 Å². The van der Waals surface area contributed by atoms with Gasteiger partial charge in [0, 0.05) is 6.21 Å². The molecule has 16 heavy (non-hydrogen) atoms. The summed E-state index contributed by atoms with van der Waals surface area (Å²) in [4.78, 5) is 4.16. The molecule has 1 atom stereocenters. The third-order valence-electron chi connectivity index (χ3n) is 2.49. The lowest BCUT2D eigenvalue weighted by atomic mass is 10.2. The van der Waals surface area contributed by atoms with Gasteiger partial charge in [0.05, 0.1) is 17.5 Å². The zero-order valence-corrected chi connectivity index (χ0v) is 9.45. The first-order chi connectivity index (χ1) is 7.55. The second kappa shape index (κ2) is 4.33. The largest absolute Gasteiger partial charge is 0.288 e. The van der Waals surface area contributed by atoms with Gasteiger partial charge in [-0.2, -0.15) is 0 Å². The van der Waals surface area contributed by atoms with E-state index in [0.29, 0.717) is 12.0 Å². The van der Waals surface area contributed by atoms with E-state index < -0.39 is 9.84 Å². The normalized spacial score (nSPS) is 23.9. The van der Waals surface area contributed by atoms with Crippen LogP contribution in [-0.4, -0.2) is 32.2 Å². The Balaban J connectivity index is 2.05. The van der Waals surface area contributed by atoms with Crippen LogP contribution in [0.2, 0.25) is 0 Å². The van der Waals surface area contributed by atoms with Crippen molar-refractivity contribution in [3.63, 3.8) is 0 Å². The van der Waals surface area contributed by atoms with Gasteiger partial charge in [-0.15, -0.1) is 0 Å². The van der Waals surface area contributed by atoms with E-state index in [1.165, 1.54) is 18.3 Å². The summed E-state index contributed by atoms with van der Waals surface area (Å²) in [6.07, 6.45) is 2.10. The SMILES string of the molecule is O=S1(=O)CC[C@@H](N=Cc2cccc(F)c2)C1. The van der Waals surface area contributed by atoms with Gasteiger partial charge in [-0.25, -0.2) is 12.8 Å². The lowest BCUT2D eigenvalue weighted by Crippen LogP contribution is -2.07. The van der Waals surface area contributed by atoms with Crippen molar-refractivity contribution >= 4 is 16.1 Å². The molecule has 86 valence electrons. The average molecular weight is 241 g/mol. The molecule has 1 aromatic rings. The summed E-state index contributed by atoms with van der Waals surface area (Å²) in [6, 6.07) is 5.89. The van der Waals surface area contributed by atoms with E-state index >= 15 is 0 Å². The van der Waals surface area contributed by atoms with Crippen LogP contribution < -0.4 is 0 Å². The number of hydrogen-bond donors (Lipinski definition) is 0. The van der Waals surface area contributed by atoms with Gasteiger partial charge in [-0.3, -0.25) is 4.99 Å². The lowest BCUT2D eigenvalue weighted by molar-refractivity contribution is 0.601. The molecule has 0 radical (unpaired) electrons. The molecule has 1 saturated heterocycles. The van der Waals surface area contributed by atoms with Crippen LogP contribution in [-0.2, 0) is 9.84 Å². The number of halogens is 1. The number of benzene rings is 1. The average Bonchev–Trinajstić information content (AvgIpc) is 2.56. The molecule has 0 aliphatic carbocycles. The first-order valence-corrected chi connectivity index (χ1v) is 6.86. The Morgan fingerprint density at radius 1 is 1.44 bits per heavy atom. The molecule has 1 heterocycles. The zero-order chi connectivity index (χ0) is 11.6. The minimum absolute atomic E-state index is 0.110. The van der Waals surface area contributed by atoms with Crippen molar-refractivity contribution in [2.24, 2.45) is 4.99 Å². The first kappa shape index (κ1) is 11.3. The van der Waals surface area contributed by atoms with E-state index in [1.54, 1.807) is 12.1 Å². The molecule has 1 aliphatic rings. The molecule has 3 nitrogen and oxygen atoms in total. The summed E-state index contributed by atoms with van der Waals surface area (Å²) in [6.45, 7) is 0. The summed E-state index contributed by atoms with van der Waals surface area (Å²) in [7, 11) is -2.90. The van der Waals surface area contributed by atoms with Crippen LogP contribution in [0.4, 0.5) is 4.39 Å². The van der Waals surface area contributed by atoms with Gasteiger partial charge in [0.1, 0.15) is 5.82 Å². The Morgan fingerprint density at radius 2 is 2.25 bits per heavy atom. The maximum absolute atomic E-state index is 12.8. The summed E-state index contributed by atoms with van der Waals surface area (Å²) < 4.78 is 35.2. The maximum atomic E-state index is 12.8. The molecular formula is C11H12FNO2S. The quantitative estimate of drug-likeness (QED) is 0.735. The van der Waals surface area contributed by atoms with Crippen molar-refractivity contribution in [2.45, 2.75) is 12.5 Å². The van der Waals surface area contributed by atoms with Gasteiger partial charge in [-0.1, -0.05) is 12.1 Å². The summed E-state index contributed by atoms with van der Waals surface area (Å²) in [5.41, 5.74) is 0.657. The summed E-state index contributed by atoms with van der Waals surface area (Å²) >= 11 is 0. The zero-order valence-electron chi connectivity index (χ0n) is 8.64. The highest BCUT2D eigenvalue weighted by molar-refractivity contribution is 7.91. The fourth-order valence-electron chi connectivity index (χ4n) is 1.67. The molecule has 1 fully saturated rings. The van der Waals surface area contributed by atoms with Crippen LogP contribution in [0.5, 0.6) is 0 Å². The number of nitrogens with zero attached hydrogens (tertiary/aromatic N) is 1. The molecule has 0 bridgehead atoms. The fourth-order valence-corrected chi connectivity index (χ4v) is 3.31. The number of aliphatic imine (C=N–C) groups is 1. The maximum Gasteiger partial charge on any atom is 0.152 e. The molecule has 0 aromatic heterocycles. The monoisotopic (exact) mass is 241 g/mol. The Morgan fingerprint density at radius 3 is 2.88 bits per heavy atom. The van der Waals surface area contributed by atoms with E-state index in [-0.39, 0.29) is 23.4 Å². The second-order valence-corrected chi connectivity index (χ2v) is 6.12. The van der Waals surface area contributed by atoms with E-state index in [9.17, 15) is 12.8 Å². The molecule has 1 aromatic carbocycles. The molecule has 0 saturated carbocycles. The van der Waals surface area contributed by atoms with Gasteiger partial charge in [0.25, 0.3) is 0 Å². The van der Waals surface area contributed by atoms with Crippen LogP contribution in [0.25, 0.3) is 0 Å².